The fourth-order valence-corrected chi connectivity index (χ4v) is 5.46. The molecule has 0 aliphatic rings. The third-order valence-corrected chi connectivity index (χ3v) is 7.48. The van der Waals surface area contributed by atoms with Crippen molar-refractivity contribution >= 4 is 32.7 Å². The average molecular weight is 526 g/mol. The summed E-state index contributed by atoms with van der Waals surface area (Å²) < 4.78 is 6.57. The van der Waals surface area contributed by atoms with Crippen LogP contribution in [0.15, 0.2) is 144 Å². The lowest BCUT2D eigenvalue weighted by molar-refractivity contribution is 0.670. The van der Waals surface area contributed by atoms with Gasteiger partial charge >= 0.3 is 0 Å². The van der Waals surface area contributed by atoms with Gasteiger partial charge < -0.3 is 4.42 Å². The molecule has 0 aliphatic heterocycles. The molecule has 0 atom stereocenters. The maximum Gasteiger partial charge on any atom is 0.164 e. The number of hydrogen-bond acceptors (Lipinski definition) is 4. The Morgan fingerprint density at radius 3 is 1.46 bits per heavy atom. The van der Waals surface area contributed by atoms with Crippen LogP contribution < -0.4 is 0 Å². The highest BCUT2D eigenvalue weighted by atomic mass is 16.3. The molecular formula is C37H23N3O. The molecule has 6 aromatic carbocycles. The Balaban J connectivity index is 1.43. The summed E-state index contributed by atoms with van der Waals surface area (Å²) in [7, 11) is 0. The Hall–Kier alpha value is -5.61. The second kappa shape index (κ2) is 9.54. The molecule has 192 valence electrons. The van der Waals surface area contributed by atoms with Gasteiger partial charge in [-0.1, -0.05) is 115 Å². The molecule has 0 unspecified atom stereocenters. The molecule has 4 nitrogen and oxygen atoms in total. The quantitative estimate of drug-likeness (QED) is 0.230. The Kier molecular flexibility index (Phi) is 5.42. The van der Waals surface area contributed by atoms with Gasteiger partial charge in [0.1, 0.15) is 11.2 Å². The van der Waals surface area contributed by atoms with Crippen molar-refractivity contribution < 1.29 is 4.42 Å². The van der Waals surface area contributed by atoms with Gasteiger partial charge in [-0.05, 0) is 40.6 Å². The molecule has 0 aliphatic carbocycles. The van der Waals surface area contributed by atoms with E-state index in [-0.39, 0.29) is 0 Å². The number of fused-ring (bicyclic) bond motifs is 4. The van der Waals surface area contributed by atoms with Crippen molar-refractivity contribution in [3.05, 3.63) is 140 Å². The maximum atomic E-state index is 6.57. The van der Waals surface area contributed by atoms with E-state index in [9.17, 15) is 0 Å². The number of aromatic nitrogens is 3. The van der Waals surface area contributed by atoms with Crippen molar-refractivity contribution in [1.29, 1.82) is 0 Å². The smallest absolute Gasteiger partial charge is 0.164 e. The Morgan fingerprint density at radius 2 is 0.878 bits per heavy atom. The summed E-state index contributed by atoms with van der Waals surface area (Å²) in [6.07, 6.45) is 0. The second-order valence-corrected chi connectivity index (χ2v) is 10.1. The molecule has 0 N–H and O–H groups in total. The van der Waals surface area contributed by atoms with Gasteiger partial charge in [0.15, 0.2) is 17.5 Å². The van der Waals surface area contributed by atoms with E-state index in [2.05, 4.69) is 72.8 Å². The van der Waals surface area contributed by atoms with Crippen LogP contribution in [-0.2, 0) is 0 Å². The Morgan fingerprint density at radius 1 is 0.390 bits per heavy atom. The van der Waals surface area contributed by atoms with Crippen molar-refractivity contribution in [2.24, 2.45) is 0 Å². The lowest BCUT2D eigenvalue weighted by atomic mass is 9.98. The molecule has 8 rings (SSSR count). The van der Waals surface area contributed by atoms with Gasteiger partial charge in [-0.2, -0.15) is 0 Å². The summed E-state index contributed by atoms with van der Waals surface area (Å²) in [6, 6.07) is 47.5. The number of nitrogens with zero attached hydrogens (tertiary/aromatic N) is 3. The minimum atomic E-state index is 0.618. The number of rotatable bonds is 4. The van der Waals surface area contributed by atoms with Crippen LogP contribution in [0.3, 0.4) is 0 Å². The molecule has 2 heterocycles. The lowest BCUT2D eigenvalue weighted by Gasteiger charge is -2.10. The summed E-state index contributed by atoms with van der Waals surface area (Å²) in [4.78, 5) is 14.9. The van der Waals surface area contributed by atoms with Crippen LogP contribution in [0.25, 0.3) is 78.0 Å². The summed E-state index contributed by atoms with van der Waals surface area (Å²) in [5.74, 6) is 1.89. The van der Waals surface area contributed by atoms with Crippen LogP contribution in [0.5, 0.6) is 0 Å². The average Bonchev–Trinajstić information content (AvgIpc) is 3.41. The molecule has 0 radical (unpaired) electrons. The zero-order valence-corrected chi connectivity index (χ0v) is 22.0. The molecule has 41 heavy (non-hydrogen) atoms. The van der Waals surface area contributed by atoms with Crippen molar-refractivity contribution in [1.82, 2.24) is 15.0 Å². The van der Waals surface area contributed by atoms with E-state index in [4.69, 9.17) is 19.4 Å². The highest BCUT2D eigenvalue weighted by Crippen LogP contribution is 2.40. The fourth-order valence-electron chi connectivity index (χ4n) is 5.46. The van der Waals surface area contributed by atoms with Crippen LogP contribution in [0.1, 0.15) is 0 Å². The molecule has 0 saturated carbocycles. The zero-order chi connectivity index (χ0) is 27.2. The molecule has 4 heteroatoms. The van der Waals surface area contributed by atoms with Gasteiger partial charge in [0.05, 0.1) is 0 Å². The summed E-state index contributed by atoms with van der Waals surface area (Å²) >= 11 is 0. The number of hydrogen-bond donors (Lipinski definition) is 0. The third-order valence-electron chi connectivity index (χ3n) is 7.48. The first kappa shape index (κ1) is 23.3. The molecule has 8 aromatic rings. The topological polar surface area (TPSA) is 51.8 Å². The minimum absolute atomic E-state index is 0.618. The molecule has 0 spiro atoms. The van der Waals surface area contributed by atoms with E-state index >= 15 is 0 Å². The molecule has 0 bridgehead atoms. The number of furan rings is 1. The summed E-state index contributed by atoms with van der Waals surface area (Å²) in [6.45, 7) is 0. The van der Waals surface area contributed by atoms with E-state index in [1.165, 1.54) is 5.39 Å². The van der Waals surface area contributed by atoms with Crippen LogP contribution >= 0.6 is 0 Å². The van der Waals surface area contributed by atoms with E-state index < -0.39 is 0 Å². The molecule has 2 aromatic heterocycles. The van der Waals surface area contributed by atoms with Crippen LogP contribution in [0, 0.1) is 0 Å². The predicted octanol–water partition coefficient (Wildman–Crippen LogP) is 9.59. The lowest BCUT2D eigenvalue weighted by Crippen LogP contribution is -2.00. The summed E-state index contributed by atoms with van der Waals surface area (Å²) in [5, 5.41) is 4.42. The SMILES string of the molecule is c1ccc(-c2nc(-c3ccccc3)nc(-c3cc(-c4ccccc4)c4oc5cc6ccccc6cc5c4c3)n2)cc1. The number of benzene rings is 6. The molecule has 0 fully saturated rings. The van der Waals surface area contributed by atoms with Crippen molar-refractivity contribution in [3.63, 3.8) is 0 Å². The highest BCUT2D eigenvalue weighted by molar-refractivity contribution is 6.14. The summed E-state index contributed by atoms with van der Waals surface area (Å²) in [5.41, 5.74) is 6.58. The monoisotopic (exact) mass is 525 g/mol. The van der Waals surface area contributed by atoms with E-state index in [1.807, 2.05) is 66.7 Å². The van der Waals surface area contributed by atoms with Crippen LogP contribution in [0.2, 0.25) is 0 Å². The molecule has 0 amide bonds. The maximum absolute atomic E-state index is 6.57. The van der Waals surface area contributed by atoms with Gasteiger partial charge in [0.25, 0.3) is 0 Å². The van der Waals surface area contributed by atoms with Gasteiger partial charge in [0, 0.05) is 33.0 Å². The van der Waals surface area contributed by atoms with Gasteiger partial charge in [-0.3, -0.25) is 0 Å². The Bertz CT molecular complexity index is 2130. The first-order valence-corrected chi connectivity index (χ1v) is 13.6. The molecular weight excluding hydrogens is 502 g/mol. The van der Waals surface area contributed by atoms with Crippen LogP contribution in [0.4, 0.5) is 0 Å². The fraction of sp³-hybridized carbons (Fsp3) is 0. The zero-order valence-electron chi connectivity index (χ0n) is 22.0. The molecule has 0 saturated heterocycles. The normalized spacial score (nSPS) is 11.4. The standard InChI is InChI=1S/C37H23N3O/c1-4-12-24(13-5-1)30-21-29(22-32-31-20-27-18-10-11-19-28(27)23-33(31)41-34(30)32)37-39-35(25-14-6-2-7-15-25)38-36(40-37)26-16-8-3-9-17-26/h1-23H. The van der Waals surface area contributed by atoms with Gasteiger partial charge in [-0.25, -0.2) is 15.0 Å². The highest BCUT2D eigenvalue weighted by Gasteiger charge is 2.18. The first-order chi connectivity index (χ1) is 20.3. The van der Waals surface area contributed by atoms with Gasteiger partial charge in [-0.15, -0.1) is 0 Å². The Labute approximate surface area is 236 Å². The van der Waals surface area contributed by atoms with Crippen LogP contribution in [-0.4, -0.2) is 15.0 Å². The van der Waals surface area contributed by atoms with E-state index in [0.717, 1.165) is 55.1 Å². The van der Waals surface area contributed by atoms with E-state index in [0.29, 0.717) is 17.5 Å². The van der Waals surface area contributed by atoms with E-state index in [1.54, 1.807) is 0 Å². The second-order valence-electron chi connectivity index (χ2n) is 10.1. The largest absolute Gasteiger partial charge is 0.455 e. The van der Waals surface area contributed by atoms with Crippen molar-refractivity contribution in [3.8, 4) is 45.3 Å². The third kappa shape index (κ3) is 4.14. The predicted molar refractivity (Wildman–Crippen MR) is 166 cm³/mol. The van der Waals surface area contributed by atoms with Crippen molar-refractivity contribution in [2.45, 2.75) is 0 Å². The van der Waals surface area contributed by atoms with Crippen molar-refractivity contribution in [2.75, 3.05) is 0 Å². The minimum Gasteiger partial charge on any atom is -0.455 e. The first-order valence-electron chi connectivity index (χ1n) is 13.6. The van der Waals surface area contributed by atoms with Gasteiger partial charge in [0.2, 0.25) is 0 Å².